The van der Waals surface area contributed by atoms with Crippen LogP contribution in [0.3, 0.4) is 0 Å². The lowest BCUT2D eigenvalue weighted by Gasteiger charge is -2.34. The molecule has 1 heterocycles. The molecule has 0 radical (unpaired) electrons. The van der Waals surface area contributed by atoms with E-state index in [-0.39, 0.29) is 29.9 Å². The molecule has 0 bridgehead atoms. The number of rotatable bonds is 2. The molecule has 1 aromatic rings. The van der Waals surface area contributed by atoms with Crippen LogP contribution in [0.15, 0.2) is 18.2 Å². The normalized spacial score (nSPS) is 23.2. The number of hydrogen-bond acceptors (Lipinski definition) is 2. The summed E-state index contributed by atoms with van der Waals surface area (Å²) >= 11 is 0. The second kappa shape index (κ2) is 6.24. The van der Waals surface area contributed by atoms with Gasteiger partial charge in [0, 0.05) is 13.1 Å². The molecule has 2 amide bonds. The van der Waals surface area contributed by atoms with Crippen LogP contribution in [0, 0.1) is 11.7 Å². The van der Waals surface area contributed by atoms with E-state index in [1.165, 1.54) is 12.1 Å². The van der Waals surface area contributed by atoms with Gasteiger partial charge in [-0.15, -0.1) is 0 Å². The second-order valence-electron chi connectivity index (χ2n) is 6.45. The number of carbonyl (C=O) groups excluding carboxylic acids is 1. The molecule has 1 fully saturated rings. The molecular weight excluding hydrogens is 283 g/mol. The zero-order chi connectivity index (χ0) is 15.7. The molecule has 1 aromatic carbocycles. The molecular formula is C17H23FN2O2. The summed E-state index contributed by atoms with van der Waals surface area (Å²) in [5.74, 6) is 0.0306. The van der Waals surface area contributed by atoms with Gasteiger partial charge in [0.15, 0.2) is 0 Å². The Morgan fingerprint density at radius 2 is 2.09 bits per heavy atom. The highest BCUT2D eigenvalue weighted by Gasteiger charge is 2.29. The van der Waals surface area contributed by atoms with Crippen LogP contribution in [-0.4, -0.2) is 35.2 Å². The van der Waals surface area contributed by atoms with Gasteiger partial charge in [0.2, 0.25) is 0 Å². The number of halogens is 1. The topological polar surface area (TPSA) is 52.6 Å². The number of piperidine rings is 1. The third-order valence-corrected chi connectivity index (χ3v) is 4.99. The predicted molar refractivity (Wildman–Crippen MR) is 82.0 cm³/mol. The van der Waals surface area contributed by atoms with Gasteiger partial charge in [0.05, 0.1) is 12.1 Å². The average Bonchev–Trinajstić information content (AvgIpc) is 2.89. The van der Waals surface area contributed by atoms with E-state index in [0.717, 1.165) is 36.8 Å². The highest BCUT2D eigenvalue weighted by molar-refractivity contribution is 5.75. The molecule has 2 aliphatic rings. The van der Waals surface area contributed by atoms with Gasteiger partial charge in [-0.1, -0.05) is 6.07 Å². The SMILES string of the molecule is CC(O)C1CCN(C(=O)NC2CCc3ccc(F)cc32)CC1. The average molecular weight is 306 g/mol. The van der Waals surface area contributed by atoms with Crippen molar-refractivity contribution in [2.75, 3.05) is 13.1 Å². The lowest BCUT2D eigenvalue weighted by atomic mass is 9.92. The van der Waals surface area contributed by atoms with E-state index in [1.807, 2.05) is 13.0 Å². The lowest BCUT2D eigenvalue weighted by molar-refractivity contribution is 0.0793. The fraction of sp³-hybridized carbons (Fsp3) is 0.588. The highest BCUT2D eigenvalue weighted by Crippen LogP contribution is 2.32. The summed E-state index contributed by atoms with van der Waals surface area (Å²) in [4.78, 5) is 14.2. The molecule has 3 rings (SSSR count). The van der Waals surface area contributed by atoms with E-state index in [2.05, 4.69) is 5.32 Å². The van der Waals surface area contributed by atoms with Crippen molar-refractivity contribution < 1.29 is 14.3 Å². The Morgan fingerprint density at radius 1 is 1.36 bits per heavy atom. The first-order chi connectivity index (χ1) is 10.5. The molecule has 120 valence electrons. The number of nitrogens with zero attached hydrogens (tertiary/aromatic N) is 1. The summed E-state index contributed by atoms with van der Waals surface area (Å²) < 4.78 is 13.4. The van der Waals surface area contributed by atoms with Crippen LogP contribution in [0.5, 0.6) is 0 Å². The first-order valence-electron chi connectivity index (χ1n) is 8.06. The number of likely N-dealkylation sites (tertiary alicyclic amines) is 1. The van der Waals surface area contributed by atoms with E-state index in [1.54, 1.807) is 4.90 Å². The monoisotopic (exact) mass is 306 g/mol. The van der Waals surface area contributed by atoms with Gasteiger partial charge in [-0.2, -0.15) is 0 Å². The molecule has 4 nitrogen and oxygen atoms in total. The first-order valence-corrected chi connectivity index (χ1v) is 8.06. The van der Waals surface area contributed by atoms with Crippen molar-refractivity contribution in [2.24, 2.45) is 5.92 Å². The molecule has 22 heavy (non-hydrogen) atoms. The van der Waals surface area contributed by atoms with Gasteiger partial charge in [0.1, 0.15) is 5.82 Å². The Balaban J connectivity index is 1.59. The molecule has 0 spiro atoms. The van der Waals surface area contributed by atoms with Gasteiger partial charge in [-0.3, -0.25) is 0 Å². The van der Waals surface area contributed by atoms with Crippen LogP contribution in [0.4, 0.5) is 9.18 Å². The summed E-state index contributed by atoms with van der Waals surface area (Å²) in [5, 5.41) is 12.6. The van der Waals surface area contributed by atoms with Crippen molar-refractivity contribution in [3.63, 3.8) is 0 Å². The minimum absolute atomic E-state index is 0.0776. The Labute approximate surface area is 130 Å². The van der Waals surface area contributed by atoms with Gasteiger partial charge in [-0.05, 0) is 61.8 Å². The Kier molecular flexibility index (Phi) is 4.34. The predicted octanol–water partition coefficient (Wildman–Crippen LogP) is 2.62. The largest absolute Gasteiger partial charge is 0.393 e. The van der Waals surface area contributed by atoms with Gasteiger partial charge >= 0.3 is 6.03 Å². The van der Waals surface area contributed by atoms with Crippen LogP contribution < -0.4 is 5.32 Å². The molecule has 0 saturated carbocycles. The van der Waals surface area contributed by atoms with Gasteiger partial charge in [0.25, 0.3) is 0 Å². The number of carbonyl (C=O) groups is 1. The van der Waals surface area contributed by atoms with Crippen LogP contribution >= 0.6 is 0 Å². The van der Waals surface area contributed by atoms with Crippen molar-refractivity contribution in [2.45, 2.75) is 44.8 Å². The molecule has 2 atom stereocenters. The zero-order valence-electron chi connectivity index (χ0n) is 12.9. The first kappa shape index (κ1) is 15.3. The summed E-state index contributed by atoms with van der Waals surface area (Å²) in [6.07, 6.45) is 3.07. The zero-order valence-corrected chi connectivity index (χ0v) is 12.9. The van der Waals surface area contributed by atoms with Gasteiger partial charge < -0.3 is 15.3 Å². The quantitative estimate of drug-likeness (QED) is 0.882. The Bertz CT molecular complexity index is 554. The van der Waals surface area contributed by atoms with E-state index >= 15 is 0 Å². The Hall–Kier alpha value is -1.62. The highest BCUT2D eigenvalue weighted by atomic mass is 19.1. The minimum Gasteiger partial charge on any atom is -0.393 e. The van der Waals surface area contributed by atoms with Crippen LogP contribution in [0.2, 0.25) is 0 Å². The molecule has 0 aromatic heterocycles. The van der Waals surface area contributed by atoms with Crippen molar-refractivity contribution in [1.29, 1.82) is 0 Å². The number of nitrogens with one attached hydrogen (secondary N) is 1. The molecule has 2 N–H and O–H groups in total. The third-order valence-electron chi connectivity index (χ3n) is 4.99. The van der Waals surface area contributed by atoms with Crippen LogP contribution in [-0.2, 0) is 6.42 Å². The van der Waals surface area contributed by atoms with E-state index in [9.17, 15) is 14.3 Å². The fourth-order valence-electron chi connectivity index (χ4n) is 3.55. The van der Waals surface area contributed by atoms with Gasteiger partial charge in [-0.25, -0.2) is 9.18 Å². The van der Waals surface area contributed by atoms with E-state index in [0.29, 0.717) is 13.1 Å². The maximum Gasteiger partial charge on any atom is 0.317 e. The van der Waals surface area contributed by atoms with Crippen molar-refractivity contribution >= 4 is 6.03 Å². The number of amides is 2. The standard InChI is InChI=1S/C17H23FN2O2/c1-11(21)12-6-8-20(9-7-12)17(22)19-16-5-3-13-2-4-14(18)10-15(13)16/h2,4,10-12,16,21H,3,5-9H2,1H3,(H,19,22). The number of aliphatic hydroxyl groups is 1. The summed E-state index contributed by atoms with van der Waals surface area (Å²) in [6, 6.07) is 4.65. The molecule has 1 aliphatic carbocycles. The van der Waals surface area contributed by atoms with Crippen molar-refractivity contribution in [3.8, 4) is 0 Å². The molecule has 1 aliphatic heterocycles. The molecule has 5 heteroatoms. The van der Waals surface area contributed by atoms with Crippen LogP contribution in [0.25, 0.3) is 0 Å². The number of urea groups is 1. The summed E-state index contributed by atoms with van der Waals surface area (Å²) in [6.45, 7) is 3.15. The number of benzene rings is 1. The minimum atomic E-state index is -0.310. The number of aliphatic hydroxyl groups excluding tert-OH is 1. The molecule has 1 saturated heterocycles. The maximum absolute atomic E-state index is 13.4. The number of aryl methyl sites for hydroxylation is 1. The summed E-state index contributed by atoms with van der Waals surface area (Å²) in [5.41, 5.74) is 2.03. The second-order valence-corrected chi connectivity index (χ2v) is 6.45. The summed E-state index contributed by atoms with van der Waals surface area (Å²) in [7, 11) is 0. The molecule has 2 unspecified atom stereocenters. The lowest BCUT2D eigenvalue weighted by Crippen LogP contribution is -2.46. The van der Waals surface area contributed by atoms with E-state index < -0.39 is 0 Å². The fourth-order valence-corrected chi connectivity index (χ4v) is 3.55. The smallest absolute Gasteiger partial charge is 0.317 e. The number of hydrogen-bond donors (Lipinski definition) is 2. The third kappa shape index (κ3) is 3.09. The van der Waals surface area contributed by atoms with Crippen LogP contribution in [0.1, 0.15) is 43.4 Å². The number of fused-ring (bicyclic) bond motifs is 1. The van der Waals surface area contributed by atoms with E-state index in [4.69, 9.17) is 0 Å². The van der Waals surface area contributed by atoms with Crippen molar-refractivity contribution in [3.05, 3.63) is 35.1 Å². The Morgan fingerprint density at radius 3 is 2.77 bits per heavy atom. The maximum atomic E-state index is 13.4. The van der Waals surface area contributed by atoms with Crippen molar-refractivity contribution in [1.82, 2.24) is 10.2 Å².